The van der Waals surface area contributed by atoms with Crippen LogP contribution in [0.15, 0.2) is 28.7 Å². The van der Waals surface area contributed by atoms with Gasteiger partial charge in [0.25, 0.3) is 0 Å². The van der Waals surface area contributed by atoms with E-state index < -0.39 is 0 Å². The van der Waals surface area contributed by atoms with Gasteiger partial charge >= 0.3 is 0 Å². The minimum absolute atomic E-state index is 0.164. The molecule has 0 bridgehead atoms. The predicted octanol–water partition coefficient (Wildman–Crippen LogP) is 3.50. The van der Waals surface area contributed by atoms with E-state index in [9.17, 15) is 4.79 Å². The Balaban J connectivity index is 2.53. The fraction of sp³-hybridized carbons (Fsp3) is 0.500. The number of ketones is 1. The molecule has 0 spiro atoms. The number of halogens is 1. The maximum absolute atomic E-state index is 11.8. The number of rotatable bonds is 6. The summed E-state index contributed by atoms with van der Waals surface area (Å²) in [5.41, 5.74) is 1.21. The van der Waals surface area contributed by atoms with Crippen LogP contribution >= 0.6 is 15.9 Å². The van der Waals surface area contributed by atoms with E-state index in [2.05, 4.69) is 33.8 Å². The van der Waals surface area contributed by atoms with E-state index in [0.29, 0.717) is 12.3 Å². The van der Waals surface area contributed by atoms with Crippen molar-refractivity contribution in [2.75, 3.05) is 13.6 Å². The van der Waals surface area contributed by atoms with Crippen molar-refractivity contribution >= 4 is 21.7 Å². The summed E-state index contributed by atoms with van der Waals surface area (Å²) in [5, 5.41) is 0. The minimum atomic E-state index is 0.164. The van der Waals surface area contributed by atoms with Gasteiger partial charge < -0.3 is 0 Å². The van der Waals surface area contributed by atoms with Crippen molar-refractivity contribution in [1.82, 2.24) is 4.90 Å². The Hall–Kier alpha value is -0.670. The lowest BCUT2D eigenvalue weighted by Gasteiger charge is -2.18. The molecule has 0 amide bonds. The maximum Gasteiger partial charge on any atom is 0.149 e. The van der Waals surface area contributed by atoms with Crippen LogP contribution in [0.1, 0.15) is 25.8 Å². The summed E-state index contributed by atoms with van der Waals surface area (Å²) < 4.78 is 1.10. The van der Waals surface area contributed by atoms with Crippen molar-refractivity contribution in [3.63, 3.8) is 0 Å². The van der Waals surface area contributed by atoms with Gasteiger partial charge in [-0.1, -0.05) is 48.0 Å². The molecule has 1 aromatic rings. The number of Topliss-reactive ketones (excluding diaryl/α,β-unsaturated/α-hetero) is 1. The molecule has 0 aliphatic rings. The van der Waals surface area contributed by atoms with Crippen molar-refractivity contribution in [3.05, 3.63) is 34.3 Å². The summed E-state index contributed by atoms with van der Waals surface area (Å²) in [5.74, 6) is 0.485. The first kappa shape index (κ1) is 14.4. The van der Waals surface area contributed by atoms with Crippen LogP contribution in [0.3, 0.4) is 0 Å². The van der Waals surface area contributed by atoms with E-state index in [1.165, 1.54) is 5.56 Å². The van der Waals surface area contributed by atoms with E-state index >= 15 is 0 Å². The minimum Gasteiger partial charge on any atom is -0.298 e. The highest BCUT2D eigenvalue weighted by Crippen LogP contribution is 2.17. The second-order valence-corrected chi connectivity index (χ2v) is 5.39. The molecule has 0 N–H and O–H groups in total. The van der Waals surface area contributed by atoms with E-state index in [1.54, 1.807) is 0 Å². The summed E-state index contributed by atoms with van der Waals surface area (Å²) in [6, 6.07) is 8.12. The Morgan fingerprint density at radius 2 is 2.06 bits per heavy atom. The second-order valence-electron chi connectivity index (χ2n) is 4.54. The molecular weight excluding hydrogens is 278 g/mol. The molecule has 2 nitrogen and oxygen atoms in total. The fourth-order valence-electron chi connectivity index (χ4n) is 1.62. The third kappa shape index (κ3) is 4.60. The van der Waals surface area contributed by atoms with Gasteiger partial charge in [-0.15, -0.1) is 0 Å². The summed E-state index contributed by atoms with van der Waals surface area (Å²) in [7, 11) is 1.99. The molecule has 0 aliphatic carbocycles. The molecule has 0 aliphatic heterocycles. The zero-order valence-electron chi connectivity index (χ0n) is 10.7. The Morgan fingerprint density at radius 1 is 1.41 bits per heavy atom. The van der Waals surface area contributed by atoms with Crippen LogP contribution in [0.4, 0.5) is 0 Å². The Bertz CT molecular complexity index is 378. The molecule has 17 heavy (non-hydrogen) atoms. The average molecular weight is 298 g/mol. The quantitative estimate of drug-likeness (QED) is 0.801. The van der Waals surface area contributed by atoms with Crippen LogP contribution in [0.5, 0.6) is 0 Å². The highest BCUT2D eigenvalue weighted by Gasteiger charge is 2.13. The third-order valence-electron chi connectivity index (χ3n) is 2.99. The molecule has 0 fully saturated rings. The van der Waals surface area contributed by atoms with Gasteiger partial charge in [-0.05, 0) is 25.1 Å². The molecule has 1 unspecified atom stereocenters. The van der Waals surface area contributed by atoms with Crippen LogP contribution in [-0.4, -0.2) is 24.3 Å². The number of nitrogens with zero attached hydrogens (tertiary/aromatic N) is 1. The number of carbonyl (C=O) groups is 1. The normalized spacial score (nSPS) is 12.8. The number of hydrogen-bond donors (Lipinski definition) is 0. The summed E-state index contributed by atoms with van der Waals surface area (Å²) >= 11 is 3.52. The van der Waals surface area contributed by atoms with Crippen LogP contribution in [0, 0.1) is 5.92 Å². The molecule has 1 atom stereocenters. The highest BCUT2D eigenvalue weighted by molar-refractivity contribution is 9.10. The van der Waals surface area contributed by atoms with Gasteiger partial charge in [0.1, 0.15) is 5.78 Å². The Kier molecular flexibility index (Phi) is 5.86. The van der Waals surface area contributed by atoms with Gasteiger partial charge in [0.15, 0.2) is 0 Å². The first-order chi connectivity index (χ1) is 8.04. The molecule has 1 aromatic carbocycles. The van der Waals surface area contributed by atoms with Gasteiger partial charge in [0.2, 0.25) is 0 Å². The largest absolute Gasteiger partial charge is 0.298 e. The molecule has 0 saturated carbocycles. The smallest absolute Gasteiger partial charge is 0.149 e. The van der Waals surface area contributed by atoms with Gasteiger partial charge in [-0.3, -0.25) is 9.69 Å². The number of likely N-dealkylation sites (N-methyl/N-ethyl adjacent to an activating group) is 1. The molecule has 3 heteroatoms. The lowest BCUT2D eigenvalue weighted by Crippen LogP contribution is -2.29. The fourth-order valence-corrected chi connectivity index (χ4v) is 2.03. The van der Waals surface area contributed by atoms with E-state index in [-0.39, 0.29) is 5.92 Å². The maximum atomic E-state index is 11.8. The molecule has 0 aromatic heterocycles. The number of hydrogen-bond acceptors (Lipinski definition) is 2. The Morgan fingerprint density at radius 3 is 2.65 bits per heavy atom. The van der Waals surface area contributed by atoms with E-state index in [1.807, 2.05) is 32.2 Å². The second kappa shape index (κ2) is 6.92. The van der Waals surface area contributed by atoms with Gasteiger partial charge in [0, 0.05) is 16.9 Å². The zero-order valence-corrected chi connectivity index (χ0v) is 12.3. The summed E-state index contributed by atoms with van der Waals surface area (Å²) in [6.45, 7) is 5.37. The molecule has 0 radical (unpaired) electrons. The van der Waals surface area contributed by atoms with E-state index in [4.69, 9.17) is 0 Å². The van der Waals surface area contributed by atoms with Gasteiger partial charge in [-0.2, -0.15) is 0 Å². The monoisotopic (exact) mass is 297 g/mol. The lowest BCUT2D eigenvalue weighted by molar-refractivity contribution is -0.123. The van der Waals surface area contributed by atoms with Crippen molar-refractivity contribution in [3.8, 4) is 0 Å². The van der Waals surface area contributed by atoms with Crippen LogP contribution < -0.4 is 0 Å². The van der Waals surface area contributed by atoms with Crippen molar-refractivity contribution in [1.29, 1.82) is 0 Å². The number of benzene rings is 1. The molecule has 0 heterocycles. The van der Waals surface area contributed by atoms with Gasteiger partial charge in [-0.25, -0.2) is 0 Å². The molecule has 94 valence electrons. The molecule has 0 saturated heterocycles. The van der Waals surface area contributed by atoms with Crippen LogP contribution in [0.2, 0.25) is 0 Å². The molecular formula is C14H20BrNO. The van der Waals surface area contributed by atoms with Crippen molar-refractivity contribution < 1.29 is 4.79 Å². The molecule has 1 rings (SSSR count). The zero-order chi connectivity index (χ0) is 12.8. The highest BCUT2D eigenvalue weighted by atomic mass is 79.9. The average Bonchev–Trinajstić information content (AvgIpc) is 2.31. The topological polar surface area (TPSA) is 20.3 Å². The van der Waals surface area contributed by atoms with Crippen molar-refractivity contribution in [2.24, 2.45) is 5.92 Å². The summed E-state index contributed by atoms with van der Waals surface area (Å²) in [6.07, 6.45) is 0.918. The lowest BCUT2D eigenvalue weighted by atomic mass is 10.0. The van der Waals surface area contributed by atoms with Crippen LogP contribution in [-0.2, 0) is 11.3 Å². The third-order valence-corrected chi connectivity index (χ3v) is 3.76. The SMILES string of the molecule is CCC(C)C(=O)CN(C)Cc1ccccc1Br. The first-order valence-electron chi connectivity index (χ1n) is 5.99. The van der Waals surface area contributed by atoms with Crippen LogP contribution in [0.25, 0.3) is 0 Å². The Labute approximate surface area is 112 Å². The van der Waals surface area contributed by atoms with Gasteiger partial charge in [0.05, 0.1) is 6.54 Å². The van der Waals surface area contributed by atoms with E-state index in [0.717, 1.165) is 17.4 Å². The predicted molar refractivity (Wildman–Crippen MR) is 74.9 cm³/mol. The number of carbonyl (C=O) groups excluding carboxylic acids is 1. The first-order valence-corrected chi connectivity index (χ1v) is 6.78. The van der Waals surface area contributed by atoms with Crippen molar-refractivity contribution in [2.45, 2.75) is 26.8 Å². The standard InChI is InChI=1S/C14H20BrNO/c1-4-11(2)14(17)10-16(3)9-12-7-5-6-8-13(12)15/h5-8,11H,4,9-10H2,1-3H3. The summed E-state index contributed by atoms with van der Waals surface area (Å²) in [4.78, 5) is 13.9.